The molecule has 1 atom stereocenters. The van der Waals surface area contributed by atoms with Crippen molar-refractivity contribution in [2.75, 3.05) is 0 Å². The molecule has 5 nitrogen and oxygen atoms in total. The first-order valence-electron chi connectivity index (χ1n) is 6.02. The summed E-state index contributed by atoms with van der Waals surface area (Å²) in [5, 5.41) is 10.8. The highest BCUT2D eigenvalue weighted by molar-refractivity contribution is 5.86. The molecule has 0 bridgehead atoms. The van der Waals surface area contributed by atoms with Crippen LogP contribution in [0.15, 0.2) is 35.6 Å². The Morgan fingerprint density at radius 1 is 1.44 bits per heavy atom. The van der Waals surface area contributed by atoms with Gasteiger partial charge in [-0.3, -0.25) is 14.9 Å². The van der Waals surface area contributed by atoms with Gasteiger partial charge in [0.15, 0.2) is 0 Å². The van der Waals surface area contributed by atoms with Crippen molar-refractivity contribution >= 4 is 5.91 Å². The van der Waals surface area contributed by atoms with E-state index >= 15 is 0 Å². The molecule has 0 heterocycles. The van der Waals surface area contributed by atoms with Gasteiger partial charge in [0.1, 0.15) is 0 Å². The highest BCUT2D eigenvalue weighted by atomic mass is 16.6. The van der Waals surface area contributed by atoms with Crippen LogP contribution in [0.5, 0.6) is 0 Å². The number of carbonyl (C=O) groups is 1. The number of primary amides is 1. The number of carbonyl (C=O) groups excluding carboxylic acids is 1. The second kappa shape index (κ2) is 4.40. The lowest BCUT2D eigenvalue weighted by atomic mass is 9.63. The predicted octanol–water partition coefficient (Wildman–Crippen LogP) is 1.93. The molecule has 18 heavy (non-hydrogen) atoms. The van der Waals surface area contributed by atoms with Gasteiger partial charge in [-0.2, -0.15) is 0 Å². The number of rotatable bonds is 3. The van der Waals surface area contributed by atoms with Crippen LogP contribution in [0.3, 0.4) is 0 Å². The van der Waals surface area contributed by atoms with Crippen molar-refractivity contribution in [2.24, 2.45) is 17.1 Å². The standard InChI is InChI=1S/C13H16N2O3/c1-9-7-10(3-4-11(8-9)15(17)18)13(12(14)16)5-2-6-13/h3-4,7-9H,2,5-6H2,1H3,(H2,14,16). The molecule has 2 N–H and O–H groups in total. The smallest absolute Gasteiger partial charge is 0.266 e. The van der Waals surface area contributed by atoms with Gasteiger partial charge in [-0.05, 0) is 24.3 Å². The van der Waals surface area contributed by atoms with E-state index in [0.717, 1.165) is 24.8 Å². The first-order chi connectivity index (χ1) is 8.45. The maximum Gasteiger partial charge on any atom is 0.266 e. The van der Waals surface area contributed by atoms with E-state index < -0.39 is 10.3 Å². The first-order valence-corrected chi connectivity index (χ1v) is 6.02. The van der Waals surface area contributed by atoms with Crippen LogP contribution in [0.4, 0.5) is 0 Å². The summed E-state index contributed by atoms with van der Waals surface area (Å²) < 4.78 is 0. The quantitative estimate of drug-likeness (QED) is 0.611. The fourth-order valence-corrected chi connectivity index (χ4v) is 2.54. The zero-order chi connectivity index (χ0) is 13.3. The normalized spacial score (nSPS) is 25.5. The molecule has 0 saturated heterocycles. The zero-order valence-electron chi connectivity index (χ0n) is 10.3. The minimum Gasteiger partial charge on any atom is -0.369 e. The van der Waals surface area contributed by atoms with Gasteiger partial charge < -0.3 is 5.73 Å². The molecule has 1 fully saturated rings. The molecule has 2 rings (SSSR count). The Labute approximate surface area is 105 Å². The summed E-state index contributed by atoms with van der Waals surface area (Å²) in [4.78, 5) is 22.0. The van der Waals surface area contributed by atoms with E-state index in [2.05, 4.69) is 0 Å². The summed E-state index contributed by atoms with van der Waals surface area (Å²) in [6, 6.07) is 0. The third kappa shape index (κ3) is 1.96. The van der Waals surface area contributed by atoms with Gasteiger partial charge in [-0.1, -0.05) is 25.5 Å². The van der Waals surface area contributed by atoms with Gasteiger partial charge in [0.25, 0.3) is 5.70 Å². The summed E-state index contributed by atoms with van der Waals surface area (Å²) in [5.41, 5.74) is 5.77. The fourth-order valence-electron chi connectivity index (χ4n) is 2.54. The van der Waals surface area contributed by atoms with Crippen molar-refractivity contribution in [1.29, 1.82) is 0 Å². The fraction of sp³-hybridized carbons (Fsp3) is 0.462. The van der Waals surface area contributed by atoms with Crippen LogP contribution in [-0.2, 0) is 4.79 Å². The van der Waals surface area contributed by atoms with E-state index in [-0.39, 0.29) is 17.5 Å². The number of nitro groups is 1. The van der Waals surface area contributed by atoms with E-state index in [1.54, 1.807) is 12.2 Å². The van der Waals surface area contributed by atoms with Crippen molar-refractivity contribution in [3.05, 3.63) is 45.7 Å². The molecular weight excluding hydrogens is 232 g/mol. The Balaban J connectivity index is 2.34. The Morgan fingerprint density at radius 3 is 2.56 bits per heavy atom. The molecule has 1 saturated carbocycles. The largest absolute Gasteiger partial charge is 0.369 e. The molecule has 0 radical (unpaired) electrons. The molecule has 96 valence electrons. The summed E-state index contributed by atoms with van der Waals surface area (Å²) in [5.74, 6) is -0.409. The van der Waals surface area contributed by atoms with Gasteiger partial charge >= 0.3 is 0 Å². The second-order valence-electron chi connectivity index (χ2n) is 4.96. The monoisotopic (exact) mass is 248 g/mol. The molecule has 2 aliphatic rings. The second-order valence-corrected chi connectivity index (χ2v) is 4.96. The molecule has 0 aromatic rings. The predicted molar refractivity (Wildman–Crippen MR) is 66.9 cm³/mol. The molecule has 0 aromatic carbocycles. The molecule has 1 amide bonds. The van der Waals surface area contributed by atoms with Gasteiger partial charge in [0, 0.05) is 12.2 Å². The summed E-state index contributed by atoms with van der Waals surface area (Å²) in [7, 11) is 0. The SMILES string of the molecule is CC1C=C([N+](=O)[O-])C=CC(C2(C(N)=O)CCC2)=C1. The summed E-state index contributed by atoms with van der Waals surface area (Å²) in [6.07, 6.45) is 9.05. The first kappa shape index (κ1) is 12.5. The highest BCUT2D eigenvalue weighted by Gasteiger charge is 2.45. The number of amides is 1. The molecule has 0 aromatic heterocycles. The van der Waals surface area contributed by atoms with Crippen molar-refractivity contribution in [2.45, 2.75) is 26.2 Å². The van der Waals surface area contributed by atoms with Gasteiger partial charge in [-0.15, -0.1) is 0 Å². The van der Waals surface area contributed by atoms with Crippen molar-refractivity contribution < 1.29 is 9.72 Å². The van der Waals surface area contributed by atoms with Crippen molar-refractivity contribution in [3.63, 3.8) is 0 Å². The number of allylic oxidation sites excluding steroid dienone is 4. The van der Waals surface area contributed by atoms with E-state index in [1.165, 1.54) is 6.08 Å². The van der Waals surface area contributed by atoms with Gasteiger partial charge in [0.05, 0.1) is 10.3 Å². The third-order valence-corrected chi connectivity index (χ3v) is 3.75. The molecular formula is C13H16N2O3. The van der Waals surface area contributed by atoms with E-state index in [4.69, 9.17) is 5.73 Å². The van der Waals surface area contributed by atoms with E-state index in [9.17, 15) is 14.9 Å². The Hall–Kier alpha value is -1.91. The molecule has 5 heteroatoms. The van der Waals surface area contributed by atoms with Crippen LogP contribution in [0.2, 0.25) is 0 Å². The third-order valence-electron chi connectivity index (χ3n) is 3.75. The maximum atomic E-state index is 11.6. The number of hydrogen-bond acceptors (Lipinski definition) is 3. The van der Waals surface area contributed by atoms with Crippen molar-refractivity contribution in [3.8, 4) is 0 Å². The summed E-state index contributed by atoms with van der Waals surface area (Å²) >= 11 is 0. The molecule has 0 spiro atoms. The lowest BCUT2D eigenvalue weighted by Gasteiger charge is -2.40. The van der Waals surface area contributed by atoms with Crippen molar-refractivity contribution in [1.82, 2.24) is 0 Å². The Kier molecular flexibility index (Phi) is 3.07. The lowest BCUT2D eigenvalue weighted by Crippen LogP contribution is -2.44. The van der Waals surface area contributed by atoms with E-state index in [0.29, 0.717) is 0 Å². The highest BCUT2D eigenvalue weighted by Crippen LogP contribution is 2.48. The van der Waals surface area contributed by atoms with Gasteiger partial charge in [-0.25, -0.2) is 0 Å². The van der Waals surface area contributed by atoms with E-state index in [1.807, 2.05) is 13.0 Å². The Bertz CT molecular complexity index is 484. The topological polar surface area (TPSA) is 86.2 Å². The van der Waals surface area contributed by atoms with Crippen LogP contribution >= 0.6 is 0 Å². The van der Waals surface area contributed by atoms with Crippen LogP contribution in [0.25, 0.3) is 0 Å². The summed E-state index contributed by atoms with van der Waals surface area (Å²) in [6.45, 7) is 1.86. The van der Waals surface area contributed by atoms with Crippen LogP contribution < -0.4 is 5.73 Å². The van der Waals surface area contributed by atoms with Crippen LogP contribution in [-0.4, -0.2) is 10.8 Å². The molecule has 2 aliphatic carbocycles. The lowest BCUT2D eigenvalue weighted by molar-refractivity contribution is -0.419. The number of nitrogens with zero attached hydrogens (tertiary/aromatic N) is 1. The van der Waals surface area contributed by atoms with Gasteiger partial charge in [0.2, 0.25) is 5.91 Å². The average molecular weight is 248 g/mol. The number of hydrogen-bond donors (Lipinski definition) is 1. The number of nitrogens with two attached hydrogens (primary N) is 1. The average Bonchev–Trinajstić information content (AvgIpc) is 2.38. The van der Waals surface area contributed by atoms with Crippen LogP contribution in [0, 0.1) is 21.4 Å². The minimum atomic E-state index is -0.606. The zero-order valence-corrected chi connectivity index (χ0v) is 10.3. The van der Waals surface area contributed by atoms with Crippen LogP contribution in [0.1, 0.15) is 26.2 Å². The Morgan fingerprint density at radius 2 is 2.11 bits per heavy atom. The molecule has 0 aliphatic heterocycles. The minimum absolute atomic E-state index is 0.0627. The maximum absolute atomic E-state index is 11.6. The molecule has 1 unspecified atom stereocenters.